The van der Waals surface area contributed by atoms with Crippen molar-refractivity contribution in [1.82, 2.24) is 0 Å². The van der Waals surface area contributed by atoms with E-state index in [4.69, 9.17) is 14.2 Å². The van der Waals surface area contributed by atoms with Crippen LogP contribution >= 0.6 is 0 Å². The monoisotopic (exact) mass is 330 g/mol. The van der Waals surface area contributed by atoms with Crippen LogP contribution < -0.4 is 9.47 Å². The van der Waals surface area contributed by atoms with Crippen molar-refractivity contribution in [3.8, 4) is 11.5 Å². The first kappa shape index (κ1) is 17.3. The number of hydrogen-bond donors (Lipinski definition) is 0. The molecule has 2 aliphatic heterocycles. The zero-order valence-corrected chi connectivity index (χ0v) is 15.3. The minimum absolute atomic E-state index is 0.137. The highest BCUT2D eigenvalue weighted by molar-refractivity contribution is 5.41. The molecule has 2 aliphatic rings. The van der Waals surface area contributed by atoms with E-state index in [1.807, 2.05) is 6.07 Å². The van der Waals surface area contributed by atoms with Crippen LogP contribution in [0.1, 0.15) is 58.4 Å². The lowest BCUT2D eigenvalue weighted by Crippen LogP contribution is -2.08. The number of ether oxygens (including phenoxy) is 3. The number of allylic oxidation sites excluding steroid dienone is 1. The van der Waals surface area contributed by atoms with Gasteiger partial charge < -0.3 is 14.2 Å². The van der Waals surface area contributed by atoms with Crippen LogP contribution in [0.2, 0.25) is 0 Å². The van der Waals surface area contributed by atoms with Crippen molar-refractivity contribution in [3.63, 3.8) is 0 Å². The van der Waals surface area contributed by atoms with Gasteiger partial charge in [0.15, 0.2) is 0 Å². The Morgan fingerprint density at radius 2 is 2.25 bits per heavy atom. The van der Waals surface area contributed by atoms with Crippen LogP contribution in [-0.2, 0) is 11.2 Å². The van der Waals surface area contributed by atoms with Crippen molar-refractivity contribution < 1.29 is 14.2 Å². The Bertz CT molecular complexity index is 593. The van der Waals surface area contributed by atoms with Gasteiger partial charge in [0, 0.05) is 6.07 Å². The van der Waals surface area contributed by atoms with E-state index in [2.05, 4.69) is 39.0 Å². The minimum Gasteiger partial charge on any atom is -0.493 e. The van der Waals surface area contributed by atoms with Crippen LogP contribution in [0.4, 0.5) is 0 Å². The van der Waals surface area contributed by atoms with Crippen molar-refractivity contribution in [2.45, 2.75) is 71.0 Å². The molecule has 132 valence electrons. The van der Waals surface area contributed by atoms with E-state index in [-0.39, 0.29) is 5.60 Å². The Balaban J connectivity index is 1.47. The van der Waals surface area contributed by atoms with E-state index in [1.54, 1.807) is 0 Å². The average Bonchev–Trinajstić information content (AvgIpc) is 3.28. The quantitative estimate of drug-likeness (QED) is 0.492. The fourth-order valence-electron chi connectivity index (χ4n) is 3.37. The lowest BCUT2D eigenvalue weighted by Gasteiger charge is -2.17. The molecule has 24 heavy (non-hydrogen) atoms. The summed E-state index contributed by atoms with van der Waals surface area (Å²) in [4.78, 5) is 0. The van der Waals surface area contributed by atoms with E-state index in [0.29, 0.717) is 12.7 Å². The molecule has 1 aromatic carbocycles. The number of hydrogen-bond acceptors (Lipinski definition) is 3. The maximum Gasteiger partial charge on any atom is 0.126 e. The van der Waals surface area contributed by atoms with Gasteiger partial charge in [-0.25, -0.2) is 0 Å². The van der Waals surface area contributed by atoms with Gasteiger partial charge in [-0.15, -0.1) is 0 Å². The van der Waals surface area contributed by atoms with Gasteiger partial charge in [0.1, 0.15) is 18.1 Å². The third-order valence-electron chi connectivity index (χ3n) is 5.43. The zero-order valence-electron chi connectivity index (χ0n) is 15.3. The lowest BCUT2D eigenvalue weighted by molar-refractivity contribution is 0.284. The summed E-state index contributed by atoms with van der Waals surface area (Å²) in [5.74, 6) is 1.88. The Morgan fingerprint density at radius 3 is 3.00 bits per heavy atom. The Labute approximate surface area is 146 Å². The van der Waals surface area contributed by atoms with Gasteiger partial charge in [-0.3, -0.25) is 0 Å². The smallest absolute Gasteiger partial charge is 0.126 e. The first-order chi connectivity index (χ1) is 11.6. The van der Waals surface area contributed by atoms with Gasteiger partial charge in [0.25, 0.3) is 0 Å². The molecule has 0 amide bonds. The first-order valence-electron chi connectivity index (χ1n) is 9.39. The molecule has 3 rings (SSSR count). The third-order valence-corrected chi connectivity index (χ3v) is 5.43. The van der Waals surface area contributed by atoms with Crippen LogP contribution in [0, 0.1) is 0 Å². The highest BCUT2D eigenvalue weighted by Crippen LogP contribution is 2.42. The maximum absolute atomic E-state index is 5.90. The van der Waals surface area contributed by atoms with Gasteiger partial charge in [0.05, 0.1) is 18.3 Å². The molecule has 3 nitrogen and oxygen atoms in total. The second-order valence-electron chi connectivity index (χ2n) is 7.06. The van der Waals surface area contributed by atoms with Gasteiger partial charge >= 0.3 is 0 Å². The van der Waals surface area contributed by atoms with Gasteiger partial charge in [-0.05, 0) is 63.2 Å². The molecular formula is C21H30O3. The summed E-state index contributed by atoms with van der Waals surface area (Å²) in [7, 11) is 0. The normalized spacial score (nSPS) is 25.8. The molecule has 1 saturated heterocycles. The fraction of sp³-hybridized carbons (Fsp3) is 0.619. The average molecular weight is 330 g/mol. The zero-order chi connectivity index (χ0) is 17.0. The van der Waals surface area contributed by atoms with Gasteiger partial charge in [-0.1, -0.05) is 25.5 Å². The van der Waals surface area contributed by atoms with Crippen molar-refractivity contribution >= 4 is 0 Å². The highest BCUT2D eigenvalue weighted by Gasteiger charge is 2.49. The molecule has 0 saturated carbocycles. The molecule has 0 aliphatic carbocycles. The predicted molar refractivity (Wildman–Crippen MR) is 96.9 cm³/mol. The Kier molecular flexibility index (Phi) is 5.50. The molecule has 2 heterocycles. The standard InChI is InChI=1S/C21H30O3/c1-4-16(8-11-20-21(3,5-2)24-20)12-14-22-18-10-9-17-7-6-13-23-19(17)15-18/h9-10,12,15,20H,4-8,11,13-14H2,1-3H3/b16-12+. The van der Waals surface area contributed by atoms with E-state index in [0.717, 1.165) is 56.6 Å². The number of rotatable bonds is 8. The number of benzene rings is 1. The van der Waals surface area contributed by atoms with Crippen LogP contribution in [0.25, 0.3) is 0 Å². The molecule has 0 spiro atoms. The summed E-state index contributed by atoms with van der Waals surface area (Å²) in [6.45, 7) is 8.07. The molecule has 2 atom stereocenters. The van der Waals surface area contributed by atoms with E-state index >= 15 is 0 Å². The van der Waals surface area contributed by atoms with E-state index in [9.17, 15) is 0 Å². The molecule has 0 aromatic heterocycles. The molecule has 0 radical (unpaired) electrons. The van der Waals surface area contributed by atoms with Crippen LogP contribution in [0.15, 0.2) is 29.8 Å². The predicted octanol–water partition coefficient (Wildman–Crippen LogP) is 5.07. The number of fused-ring (bicyclic) bond motifs is 1. The van der Waals surface area contributed by atoms with Crippen LogP contribution in [-0.4, -0.2) is 24.9 Å². The fourth-order valence-corrected chi connectivity index (χ4v) is 3.37. The van der Waals surface area contributed by atoms with Crippen molar-refractivity contribution in [2.24, 2.45) is 0 Å². The molecule has 1 fully saturated rings. The molecule has 3 heteroatoms. The maximum atomic E-state index is 5.90. The Morgan fingerprint density at radius 1 is 1.38 bits per heavy atom. The molecule has 2 unspecified atom stereocenters. The third kappa shape index (κ3) is 4.13. The van der Waals surface area contributed by atoms with E-state index in [1.165, 1.54) is 11.1 Å². The van der Waals surface area contributed by atoms with Gasteiger partial charge in [-0.2, -0.15) is 0 Å². The molecule has 0 bridgehead atoms. The lowest BCUT2D eigenvalue weighted by atomic mass is 9.98. The number of aryl methyl sites for hydroxylation is 1. The van der Waals surface area contributed by atoms with Gasteiger partial charge in [0.2, 0.25) is 0 Å². The molecule has 0 N–H and O–H groups in total. The van der Waals surface area contributed by atoms with Crippen molar-refractivity contribution in [3.05, 3.63) is 35.4 Å². The largest absolute Gasteiger partial charge is 0.493 e. The SMILES string of the molecule is CC/C(=C\COc1ccc2c(c1)OCCC2)CCC1OC1(C)CC. The summed E-state index contributed by atoms with van der Waals surface area (Å²) < 4.78 is 17.4. The summed E-state index contributed by atoms with van der Waals surface area (Å²) in [5, 5.41) is 0. The van der Waals surface area contributed by atoms with Crippen LogP contribution in [0.5, 0.6) is 11.5 Å². The second-order valence-corrected chi connectivity index (χ2v) is 7.06. The first-order valence-corrected chi connectivity index (χ1v) is 9.39. The summed E-state index contributed by atoms with van der Waals surface area (Å²) in [6.07, 6.45) is 9.29. The second kappa shape index (κ2) is 7.60. The molecular weight excluding hydrogens is 300 g/mol. The van der Waals surface area contributed by atoms with E-state index < -0.39 is 0 Å². The van der Waals surface area contributed by atoms with Crippen molar-refractivity contribution in [1.29, 1.82) is 0 Å². The van der Waals surface area contributed by atoms with Crippen LogP contribution in [0.3, 0.4) is 0 Å². The Hall–Kier alpha value is -1.48. The topological polar surface area (TPSA) is 31.0 Å². The summed E-state index contributed by atoms with van der Waals surface area (Å²) in [6, 6.07) is 6.21. The molecule has 1 aromatic rings. The number of epoxide rings is 1. The minimum atomic E-state index is 0.137. The summed E-state index contributed by atoms with van der Waals surface area (Å²) >= 11 is 0. The summed E-state index contributed by atoms with van der Waals surface area (Å²) in [5.41, 5.74) is 2.89. The van der Waals surface area contributed by atoms with Crippen molar-refractivity contribution in [2.75, 3.05) is 13.2 Å². The highest BCUT2D eigenvalue weighted by atomic mass is 16.6.